The molecule has 0 fully saturated rings. The van der Waals surface area contributed by atoms with Crippen LogP contribution in [0.3, 0.4) is 0 Å². The zero-order valence-corrected chi connectivity index (χ0v) is 19.7. The number of hydrogen-bond acceptors (Lipinski definition) is 4. The Kier molecular flexibility index (Phi) is 6.26. The highest BCUT2D eigenvalue weighted by atomic mass is 79.9. The standard InChI is InChI=1S/C25H19BrN2O3S/c1-32(30,31)22-12-7-20(8-13-22)16-28-17-27-24-14-9-19(15-23(24)25(28)29)4-2-3-18-5-10-21(26)11-6-18/h5-15,17H,3,16H2,1H3. The SMILES string of the molecule is CS(=O)(=O)c1ccc(Cn2cnc3ccc(C#CCc4ccc(Br)cc4)cc3c2=O)cc1. The van der Waals surface area contributed by atoms with Crippen LogP contribution in [0.1, 0.15) is 16.7 Å². The van der Waals surface area contributed by atoms with Gasteiger partial charge in [0.15, 0.2) is 9.84 Å². The van der Waals surface area contributed by atoms with E-state index in [0.717, 1.165) is 21.2 Å². The molecule has 1 aromatic heterocycles. The van der Waals surface area contributed by atoms with Gasteiger partial charge in [-0.05, 0) is 53.6 Å². The Hall–Kier alpha value is -3.21. The summed E-state index contributed by atoms with van der Waals surface area (Å²) in [6.07, 6.45) is 3.29. The van der Waals surface area contributed by atoms with Gasteiger partial charge in [-0.1, -0.05) is 52.0 Å². The van der Waals surface area contributed by atoms with Gasteiger partial charge in [0.25, 0.3) is 5.56 Å². The van der Waals surface area contributed by atoms with Gasteiger partial charge in [-0.2, -0.15) is 0 Å². The van der Waals surface area contributed by atoms with Gasteiger partial charge in [-0.15, -0.1) is 0 Å². The van der Waals surface area contributed by atoms with Crippen molar-refractivity contribution in [2.24, 2.45) is 0 Å². The maximum Gasteiger partial charge on any atom is 0.261 e. The molecule has 4 aromatic rings. The summed E-state index contributed by atoms with van der Waals surface area (Å²) in [4.78, 5) is 17.6. The largest absolute Gasteiger partial charge is 0.294 e. The van der Waals surface area contributed by atoms with Crippen molar-refractivity contribution in [2.45, 2.75) is 17.9 Å². The number of sulfone groups is 1. The number of benzene rings is 3. The molecule has 0 radical (unpaired) electrons. The van der Waals surface area contributed by atoms with E-state index in [9.17, 15) is 13.2 Å². The van der Waals surface area contributed by atoms with Gasteiger partial charge in [-0.3, -0.25) is 9.36 Å². The van der Waals surface area contributed by atoms with E-state index in [0.29, 0.717) is 23.9 Å². The fourth-order valence-electron chi connectivity index (χ4n) is 3.24. The fourth-order valence-corrected chi connectivity index (χ4v) is 4.13. The summed E-state index contributed by atoms with van der Waals surface area (Å²) in [7, 11) is -3.26. The number of hydrogen-bond donors (Lipinski definition) is 0. The first kappa shape index (κ1) is 22.0. The van der Waals surface area contributed by atoms with Crippen molar-refractivity contribution >= 4 is 36.7 Å². The third-order valence-electron chi connectivity index (χ3n) is 4.97. The van der Waals surface area contributed by atoms with Crippen LogP contribution in [0.5, 0.6) is 0 Å². The molecule has 0 N–H and O–H groups in total. The molecule has 0 aliphatic carbocycles. The van der Waals surface area contributed by atoms with Crippen molar-refractivity contribution in [3.05, 3.63) is 105 Å². The maximum absolute atomic E-state index is 13.0. The number of nitrogens with zero attached hydrogens (tertiary/aromatic N) is 2. The summed E-state index contributed by atoms with van der Waals surface area (Å²) in [5, 5.41) is 0.496. The van der Waals surface area contributed by atoms with E-state index >= 15 is 0 Å². The second-order valence-electron chi connectivity index (χ2n) is 7.43. The minimum atomic E-state index is -3.26. The molecule has 5 nitrogen and oxygen atoms in total. The minimum absolute atomic E-state index is 0.168. The molecule has 0 aliphatic rings. The molecule has 0 unspecified atom stereocenters. The molecule has 0 atom stereocenters. The molecule has 3 aromatic carbocycles. The van der Waals surface area contributed by atoms with Crippen molar-refractivity contribution in [3.63, 3.8) is 0 Å². The Bertz CT molecular complexity index is 1510. The van der Waals surface area contributed by atoms with Crippen LogP contribution in [-0.4, -0.2) is 24.2 Å². The van der Waals surface area contributed by atoms with Crippen molar-refractivity contribution in [1.82, 2.24) is 9.55 Å². The molecule has 0 amide bonds. The van der Waals surface area contributed by atoms with Crippen LogP contribution < -0.4 is 5.56 Å². The van der Waals surface area contributed by atoms with Gasteiger partial charge in [0.05, 0.1) is 28.7 Å². The van der Waals surface area contributed by atoms with Crippen LogP contribution in [0.2, 0.25) is 0 Å². The summed E-state index contributed by atoms with van der Waals surface area (Å²) in [6, 6.07) is 19.9. The fraction of sp³-hybridized carbons (Fsp3) is 0.120. The van der Waals surface area contributed by atoms with Crippen LogP contribution in [-0.2, 0) is 22.8 Å². The first-order chi connectivity index (χ1) is 15.3. The summed E-state index contributed by atoms with van der Waals surface area (Å²) >= 11 is 3.42. The van der Waals surface area contributed by atoms with E-state index in [2.05, 4.69) is 32.8 Å². The van der Waals surface area contributed by atoms with E-state index in [1.807, 2.05) is 30.3 Å². The lowest BCUT2D eigenvalue weighted by Gasteiger charge is -2.08. The van der Waals surface area contributed by atoms with E-state index < -0.39 is 9.84 Å². The molecule has 0 bridgehead atoms. The quantitative estimate of drug-likeness (QED) is 0.389. The second kappa shape index (κ2) is 9.11. The van der Waals surface area contributed by atoms with Crippen molar-refractivity contribution < 1.29 is 8.42 Å². The lowest BCUT2D eigenvalue weighted by molar-refractivity contribution is 0.602. The third-order valence-corrected chi connectivity index (χ3v) is 6.62. The molecule has 0 spiro atoms. The van der Waals surface area contributed by atoms with E-state index in [1.165, 1.54) is 17.2 Å². The Balaban J connectivity index is 1.58. The van der Waals surface area contributed by atoms with Crippen LogP contribution in [0.25, 0.3) is 10.9 Å². The predicted octanol–water partition coefficient (Wildman–Crippen LogP) is 4.21. The van der Waals surface area contributed by atoms with Gasteiger partial charge < -0.3 is 0 Å². The van der Waals surface area contributed by atoms with Crippen molar-refractivity contribution in [2.75, 3.05) is 6.26 Å². The normalized spacial score (nSPS) is 11.2. The first-order valence-electron chi connectivity index (χ1n) is 9.81. The van der Waals surface area contributed by atoms with Gasteiger partial charge in [-0.25, -0.2) is 13.4 Å². The van der Waals surface area contributed by atoms with E-state index in [4.69, 9.17) is 0 Å². The Morgan fingerprint density at radius 3 is 2.34 bits per heavy atom. The Morgan fingerprint density at radius 1 is 0.969 bits per heavy atom. The highest BCUT2D eigenvalue weighted by Gasteiger charge is 2.08. The molecule has 32 heavy (non-hydrogen) atoms. The zero-order chi connectivity index (χ0) is 22.7. The van der Waals surface area contributed by atoms with Crippen molar-refractivity contribution in [3.8, 4) is 11.8 Å². The van der Waals surface area contributed by atoms with Crippen LogP contribution in [0.4, 0.5) is 0 Å². The Morgan fingerprint density at radius 2 is 1.66 bits per heavy atom. The average Bonchev–Trinajstić information content (AvgIpc) is 2.77. The smallest absolute Gasteiger partial charge is 0.261 e. The van der Waals surface area contributed by atoms with Gasteiger partial charge in [0.1, 0.15) is 0 Å². The topological polar surface area (TPSA) is 69.0 Å². The summed E-state index contributed by atoms with van der Waals surface area (Å²) in [5.74, 6) is 6.27. The summed E-state index contributed by atoms with van der Waals surface area (Å²) < 4.78 is 25.8. The van der Waals surface area contributed by atoms with Gasteiger partial charge >= 0.3 is 0 Å². The van der Waals surface area contributed by atoms with Gasteiger partial charge in [0, 0.05) is 22.7 Å². The molecular formula is C25H19BrN2O3S. The molecule has 1 heterocycles. The number of fused-ring (bicyclic) bond motifs is 1. The van der Waals surface area contributed by atoms with Crippen LogP contribution >= 0.6 is 15.9 Å². The van der Waals surface area contributed by atoms with Crippen LogP contribution in [0.15, 0.2) is 87.2 Å². The number of rotatable bonds is 4. The lowest BCUT2D eigenvalue weighted by Crippen LogP contribution is -2.21. The molecule has 0 saturated carbocycles. The summed E-state index contributed by atoms with van der Waals surface area (Å²) in [6.45, 7) is 0.297. The first-order valence-corrected chi connectivity index (χ1v) is 12.5. The van der Waals surface area contributed by atoms with Gasteiger partial charge in [0.2, 0.25) is 0 Å². The summed E-state index contributed by atoms with van der Waals surface area (Å²) in [5.41, 5.74) is 3.12. The average molecular weight is 507 g/mol. The third kappa shape index (κ3) is 5.16. The highest BCUT2D eigenvalue weighted by molar-refractivity contribution is 9.10. The van der Waals surface area contributed by atoms with E-state index in [-0.39, 0.29) is 10.5 Å². The molecule has 0 aliphatic heterocycles. The number of halogens is 1. The zero-order valence-electron chi connectivity index (χ0n) is 17.2. The van der Waals surface area contributed by atoms with Crippen molar-refractivity contribution in [1.29, 1.82) is 0 Å². The molecule has 7 heteroatoms. The predicted molar refractivity (Wildman–Crippen MR) is 129 cm³/mol. The molecule has 0 saturated heterocycles. The van der Waals surface area contributed by atoms with Crippen LogP contribution in [0, 0.1) is 11.8 Å². The minimum Gasteiger partial charge on any atom is -0.294 e. The molecule has 160 valence electrons. The lowest BCUT2D eigenvalue weighted by atomic mass is 10.1. The Labute approximate surface area is 194 Å². The highest BCUT2D eigenvalue weighted by Crippen LogP contribution is 2.13. The molecule has 4 rings (SSSR count). The second-order valence-corrected chi connectivity index (χ2v) is 10.4. The molecular weight excluding hydrogens is 488 g/mol. The number of aromatic nitrogens is 2. The van der Waals surface area contributed by atoms with E-state index in [1.54, 1.807) is 36.4 Å². The monoisotopic (exact) mass is 506 g/mol. The maximum atomic E-state index is 13.0.